The third kappa shape index (κ3) is 1.78. The van der Waals surface area contributed by atoms with Gasteiger partial charge in [-0.15, -0.1) is 0 Å². The van der Waals surface area contributed by atoms with E-state index in [1.807, 2.05) is 31.2 Å². The summed E-state index contributed by atoms with van der Waals surface area (Å²) in [6, 6.07) is 7.76. The molecule has 2 rings (SSSR count). The molecule has 0 aliphatic carbocycles. The summed E-state index contributed by atoms with van der Waals surface area (Å²) in [6.07, 6.45) is 0.708. The zero-order valence-corrected chi connectivity index (χ0v) is 8.71. The molecular formula is C12H14N2O. The van der Waals surface area contributed by atoms with Crippen LogP contribution in [0.1, 0.15) is 11.3 Å². The first-order chi connectivity index (χ1) is 7.22. The summed E-state index contributed by atoms with van der Waals surface area (Å²) in [5.41, 5.74) is 7.47. The first-order valence-electron chi connectivity index (χ1n) is 5.04. The SMILES string of the molecule is Cc1cccc2c(=O)[nH]c(CCN)cc12. The average molecular weight is 202 g/mol. The molecule has 0 aliphatic heterocycles. The molecule has 0 aliphatic rings. The van der Waals surface area contributed by atoms with Crippen molar-refractivity contribution in [3.8, 4) is 0 Å². The van der Waals surface area contributed by atoms with Crippen molar-refractivity contribution in [2.45, 2.75) is 13.3 Å². The van der Waals surface area contributed by atoms with Gasteiger partial charge in [0, 0.05) is 11.1 Å². The van der Waals surface area contributed by atoms with Crippen molar-refractivity contribution in [1.82, 2.24) is 4.98 Å². The van der Waals surface area contributed by atoms with Crippen LogP contribution >= 0.6 is 0 Å². The van der Waals surface area contributed by atoms with Gasteiger partial charge in [0.15, 0.2) is 0 Å². The molecule has 1 aromatic heterocycles. The van der Waals surface area contributed by atoms with Crippen LogP contribution in [0.2, 0.25) is 0 Å². The summed E-state index contributed by atoms with van der Waals surface area (Å²) in [5.74, 6) is 0. The van der Waals surface area contributed by atoms with Gasteiger partial charge in [-0.1, -0.05) is 12.1 Å². The summed E-state index contributed by atoms with van der Waals surface area (Å²) in [7, 11) is 0. The van der Waals surface area contributed by atoms with E-state index in [-0.39, 0.29) is 5.56 Å². The monoisotopic (exact) mass is 202 g/mol. The molecule has 1 aromatic carbocycles. The Morgan fingerprint density at radius 3 is 2.87 bits per heavy atom. The summed E-state index contributed by atoms with van der Waals surface area (Å²) < 4.78 is 0. The number of H-pyrrole nitrogens is 1. The second-order valence-corrected chi connectivity index (χ2v) is 3.70. The van der Waals surface area contributed by atoms with Crippen molar-refractivity contribution in [3.63, 3.8) is 0 Å². The van der Waals surface area contributed by atoms with Crippen LogP contribution in [0.25, 0.3) is 10.8 Å². The minimum atomic E-state index is -0.0281. The molecule has 0 amide bonds. The molecule has 1 heterocycles. The van der Waals surface area contributed by atoms with E-state index in [0.717, 1.165) is 22.0 Å². The fourth-order valence-electron chi connectivity index (χ4n) is 1.78. The normalized spacial score (nSPS) is 10.8. The standard InChI is InChI=1S/C12H14N2O/c1-8-3-2-4-10-11(8)7-9(5-6-13)14-12(10)15/h2-4,7H,5-6,13H2,1H3,(H,14,15). The van der Waals surface area contributed by atoms with E-state index in [4.69, 9.17) is 5.73 Å². The molecule has 3 nitrogen and oxygen atoms in total. The molecule has 0 unspecified atom stereocenters. The summed E-state index contributed by atoms with van der Waals surface area (Å²) in [5, 5.41) is 1.76. The zero-order valence-electron chi connectivity index (χ0n) is 8.71. The Morgan fingerprint density at radius 2 is 2.13 bits per heavy atom. The number of benzene rings is 1. The van der Waals surface area contributed by atoms with Gasteiger partial charge in [-0.3, -0.25) is 4.79 Å². The van der Waals surface area contributed by atoms with Gasteiger partial charge in [0.05, 0.1) is 0 Å². The Hall–Kier alpha value is -1.61. The third-order valence-corrected chi connectivity index (χ3v) is 2.58. The van der Waals surface area contributed by atoms with E-state index in [2.05, 4.69) is 4.98 Å². The number of fused-ring (bicyclic) bond motifs is 1. The molecule has 78 valence electrons. The van der Waals surface area contributed by atoms with Crippen LogP contribution in [0.3, 0.4) is 0 Å². The molecule has 3 N–H and O–H groups in total. The van der Waals surface area contributed by atoms with E-state index in [9.17, 15) is 4.79 Å². The van der Waals surface area contributed by atoms with Gasteiger partial charge >= 0.3 is 0 Å². The second-order valence-electron chi connectivity index (χ2n) is 3.70. The Kier molecular flexibility index (Phi) is 2.56. The van der Waals surface area contributed by atoms with Crippen molar-refractivity contribution in [3.05, 3.63) is 45.9 Å². The summed E-state index contributed by atoms with van der Waals surface area (Å²) in [4.78, 5) is 14.6. The highest BCUT2D eigenvalue weighted by molar-refractivity contribution is 5.84. The molecule has 0 fully saturated rings. The summed E-state index contributed by atoms with van der Waals surface area (Å²) >= 11 is 0. The van der Waals surface area contributed by atoms with Gasteiger partial charge in [-0.2, -0.15) is 0 Å². The lowest BCUT2D eigenvalue weighted by molar-refractivity contribution is 0.919. The zero-order chi connectivity index (χ0) is 10.8. The van der Waals surface area contributed by atoms with Gasteiger partial charge in [-0.05, 0) is 43.0 Å². The van der Waals surface area contributed by atoms with E-state index >= 15 is 0 Å². The number of nitrogens with two attached hydrogens (primary N) is 1. The van der Waals surface area contributed by atoms with E-state index in [1.54, 1.807) is 0 Å². The van der Waals surface area contributed by atoms with Crippen LogP contribution in [0.4, 0.5) is 0 Å². The first-order valence-corrected chi connectivity index (χ1v) is 5.04. The van der Waals surface area contributed by atoms with Crippen LogP contribution in [0.15, 0.2) is 29.1 Å². The van der Waals surface area contributed by atoms with Crippen molar-refractivity contribution in [2.24, 2.45) is 5.73 Å². The van der Waals surface area contributed by atoms with Gasteiger partial charge in [0.2, 0.25) is 0 Å². The number of aryl methyl sites for hydroxylation is 1. The highest BCUT2D eigenvalue weighted by Gasteiger charge is 2.02. The third-order valence-electron chi connectivity index (χ3n) is 2.58. The maximum absolute atomic E-state index is 11.7. The lowest BCUT2D eigenvalue weighted by Crippen LogP contribution is -2.12. The number of nitrogens with one attached hydrogen (secondary N) is 1. The van der Waals surface area contributed by atoms with Crippen molar-refractivity contribution in [2.75, 3.05) is 6.54 Å². The molecular weight excluding hydrogens is 188 g/mol. The molecule has 0 radical (unpaired) electrons. The topological polar surface area (TPSA) is 58.9 Å². The molecule has 0 spiro atoms. The highest BCUT2D eigenvalue weighted by Crippen LogP contribution is 2.15. The van der Waals surface area contributed by atoms with E-state index < -0.39 is 0 Å². The number of aromatic nitrogens is 1. The lowest BCUT2D eigenvalue weighted by Gasteiger charge is -2.04. The molecule has 2 aromatic rings. The van der Waals surface area contributed by atoms with Crippen molar-refractivity contribution < 1.29 is 0 Å². The molecule has 0 saturated heterocycles. The minimum absolute atomic E-state index is 0.0281. The summed E-state index contributed by atoms with van der Waals surface area (Å²) in [6.45, 7) is 2.56. The predicted molar refractivity (Wildman–Crippen MR) is 62.1 cm³/mol. The molecule has 0 atom stereocenters. The number of pyridine rings is 1. The Bertz CT molecular complexity index is 543. The quantitative estimate of drug-likeness (QED) is 0.772. The second kappa shape index (κ2) is 3.87. The van der Waals surface area contributed by atoms with Crippen molar-refractivity contribution in [1.29, 1.82) is 0 Å². The van der Waals surface area contributed by atoms with Gasteiger partial charge in [0.1, 0.15) is 0 Å². The maximum atomic E-state index is 11.7. The predicted octanol–water partition coefficient (Wildman–Crippen LogP) is 1.34. The number of rotatable bonds is 2. The Labute approximate surface area is 87.9 Å². The van der Waals surface area contributed by atoms with Crippen LogP contribution in [-0.2, 0) is 6.42 Å². The largest absolute Gasteiger partial charge is 0.330 e. The molecule has 0 saturated carbocycles. The van der Waals surface area contributed by atoms with Crippen LogP contribution in [0, 0.1) is 6.92 Å². The first kappa shape index (κ1) is 9.93. The number of hydrogen-bond donors (Lipinski definition) is 2. The Balaban J connectivity index is 2.74. The highest BCUT2D eigenvalue weighted by atomic mass is 16.1. The Morgan fingerprint density at radius 1 is 1.33 bits per heavy atom. The molecule has 0 bridgehead atoms. The minimum Gasteiger partial charge on any atom is -0.330 e. The van der Waals surface area contributed by atoms with Crippen LogP contribution in [0.5, 0.6) is 0 Å². The number of aromatic amines is 1. The number of hydrogen-bond acceptors (Lipinski definition) is 2. The maximum Gasteiger partial charge on any atom is 0.256 e. The fourth-order valence-corrected chi connectivity index (χ4v) is 1.78. The van der Waals surface area contributed by atoms with E-state index in [0.29, 0.717) is 13.0 Å². The van der Waals surface area contributed by atoms with E-state index in [1.165, 1.54) is 0 Å². The van der Waals surface area contributed by atoms with Gasteiger partial charge < -0.3 is 10.7 Å². The fraction of sp³-hybridized carbons (Fsp3) is 0.250. The molecule has 15 heavy (non-hydrogen) atoms. The van der Waals surface area contributed by atoms with Gasteiger partial charge in [0.25, 0.3) is 5.56 Å². The van der Waals surface area contributed by atoms with Crippen molar-refractivity contribution >= 4 is 10.8 Å². The van der Waals surface area contributed by atoms with Crippen LogP contribution < -0.4 is 11.3 Å². The van der Waals surface area contributed by atoms with Gasteiger partial charge in [-0.25, -0.2) is 0 Å². The molecule has 3 heteroatoms. The lowest BCUT2D eigenvalue weighted by atomic mass is 10.1. The average Bonchev–Trinajstić information content (AvgIpc) is 2.20. The van der Waals surface area contributed by atoms with Crippen LogP contribution in [-0.4, -0.2) is 11.5 Å². The smallest absolute Gasteiger partial charge is 0.256 e.